The number of anilines is 1. The average molecular weight is 399 g/mol. The molecular formula is C17H16Cl2N2O3S. The van der Waals surface area contributed by atoms with Crippen LogP contribution in [0.4, 0.5) is 5.69 Å². The summed E-state index contributed by atoms with van der Waals surface area (Å²) in [4.78, 5) is 12.5. The van der Waals surface area contributed by atoms with E-state index in [1.165, 1.54) is 0 Å². The first-order valence-corrected chi connectivity index (χ1v) is 8.46. The monoisotopic (exact) mass is 398 g/mol. The summed E-state index contributed by atoms with van der Waals surface area (Å²) in [6, 6.07) is 11.9. The lowest BCUT2D eigenvalue weighted by molar-refractivity contribution is 0.0970. The molecular weight excluding hydrogens is 383 g/mol. The lowest BCUT2D eigenvalue weighted by Gasteiger charge is -2.14. The molecule has 5 nitrogen and oxygen atoms in total. The van der Waals surface area contributed by atoms with Crippen molar-refractivity contribution in [2.24, 2.45) is 0 Å². The second-order valence-electron chi connectivity index (χ2n) is 4.84. The summed E-state index contributed by atoms with van der Waals surface area (Å²) in [6.45, 7) is 0.750. The number of para-hydroxylation sites is 2. The van der Waals surface area contributed by atoms with Crippen LogP contribution in [0.1, 0.15) is 10.4 Å². The van der Waals surface area contributed by atoms with Gasteiger partial charge in [-0.25, -0.2) is 0 Å². The van der Waals surface area contributed by atoms with E-state index in [0.29, 0.717) is 40.3 Å². The molecule has 0 bridgehead atoms. The van der Waals surface area contributed by atoms with Crippen LogP contribution in [0.25, 0.3) is 0 Å². The molecule has 0 unspecified atom stereocenters. The summed E-state index contributed by atoms with van der Waals surface area (Å²) < 4.78 is 10.5. The number of nitrogens with one attached hydrogen (secondary N) is 2. The first-order chi connectivity index (χ1) is 12.0. The minimum Gasteiger partial charge on any atom is -0.490 e. The maximum absolute atomic E-state index is 12.5. The lowest BCUT2D eigenvalue weighted by atomic mass is 10.2. The molecule has 25 heavy (non-hydrogen) atoms. The Morgan fingerprint density at radius 2 is 1.76 bits per heavy atom. The maximum atomic E-state index is 12.5. The largest absolute Gasteiger partial charge is 0.490 e. The Morgan fingerprint density at radius 1 is 1.08 bits per heavy atom. The van der Waals surface area contributed by atoms with Crippen LogP contribution in [0.5, 0.6) is 5.75 Å². The molecule has 0 aromatic heterocycles. The van der Waals surface area contributed by atoms with Crippen molar-refractivity contribution in [1.82, 2.24) is 5.32 Å². The second kappa shape index (κ2) is 9.58. The highest BCUT2D eigenvalue weighted by Crippen LogP contribution is 2.29. The topological polar surface area (TPSA) is 59.6 Å². The van der Waals surface area contributed by atoms with Crippen LogP contribution in [0.3, 0.4) is 0 Å². The third kappa shape index (κ3) is 5.57. The zero-order chi connectivity index (χ0) is 18.2. The van der Waals surface area contributed by atoms with Gasteiger partial charge in [0, 0.05) is 7.11 Å². The molecule has 0 aliphatic carbocycles. The van der Waals surface area contributed by atoms with Crippen LogP contribution in [0.15, 0.2) is 42.5 Å². The third-order valence-electron chi connectivity index (χ3n) is 3.11. The van der Waals surface area contributed by atoms with Crippen LogP contribution in [0.2, 0.25) is 10.0 Å². The van der Waals surface area contributed by atoms with E-state index in [4.69, 9.17) is 44.9 Å². The van der Waals surface area contributed by atoms with Gasteiger partial charge in [-0.05, 0) is 36.5 Å². The van der Waals surface area contributed by atoms with Gasteiger partial charge < -0.3 is 14.8 Å². The van der Waals surface area contributed by atoms with Crippen molar-refractivity contribution >= 4 is 52.1 Å². The molecule has 2 aromatic carbocycles. The van der Waals surface area contributed by atoms with Gasteiger partial charge >= 0.3 is 0 Å². The van der Waals surface area contributed by atoms with E-state index < -0.39 is 5.91 Å². The number of halogens is 2. The highest BCUT2D eigenvalue weighted by Gasteiger charge is 2.15. The fourth-order valence-corrected chi connectivity index (χ4v) is 2.63. The molecule has 2 N–H and O–H groups in total. The number of amides is 1. The molecule has 0 spiro atoms. The van der Waals surface area contributed by atoms with E-state index in [9.17, 15) is 4.79 Å². The van der Waals surface area contributed by atoms with Gasteiger partial charge in [-0.2, -0.15) is 0 Å². The third-order valence-corrected chi connectivity index (χ3v) is 3.94. The number of hydrogen-bond donors (Lipinski definition) is 2. The standard InChI is InChI=1S/C17H16Cl2N2O3S/c1-23-9-10-24-14-8-3-2-5-11(14)16(22)21-17(25)20-15-12(18)6-4-7-13(15)19/h2-8H,9-10H2,1H3,(H2,20,21,22,25). The summed E-state index contributed by atoms with van der Waals surface area (Å²) in [7, 11) is 1.58. The zero-order valence-electron chi connectivity index (χ0n) is 13.3. The molecule has 0 aliphatic heterocycles. The summed E-state index contributed by atoms with van der Waals surface area (Å²) in [5, 5.41) is 6.28. The number of carbonyl (C=O) groups excluding carboxylic acids is 1. The molecule has 0 atom stereocenters. The number of ether oxygens (including phenoxy) is 2. The van der Waals surface area contributed by atoms with Crippen LogP contribution < -0.4 is 15.4 Å². The number of methoxy groups -OCH3 is 1. The average Bonchev–Trinajstić information content (AvgIpc) is 2.59. The Balaban J connectivity index is 2.05. The second-order valence-corrected chi connectivity index (χ2v) is 6.06. The summed E-state index contributed by atoms with van der Waals surface area (Å²) >= 11 is 17.3. The van der Waals surface area contributed by atoms with Gasteiger partial charge in [0.15, 0.2) is 5.11 Å². The summed E-state index contributed by atoms with van der Waals surface area (Å²) in [5.74, 6) is 0.0318. The highest BCUT2D eigenvalue weighted by atomic mass is 35.5. The van der Waals surface area contributed by atoms with Crippen LogP contribution in [-0.4, -0.2) is 31.3 Å². The van der Waals surface area contributed by atoms with E-state index >= 15 is 0 Å². The number of hydrogen-bond acceptors (Lipinski definition) is 4. The summed E-state index contributed by atoms with van der Waals surface area (Å²) in [5.41, 5.74) is 0.786. The normalized spacial score (nSPS) is 10.2. The number of carbonyl (C=O) groups is 1. The predicted molar refractivity (Wildman–Crippen MR) is 104 cm³/mol. The van der Waals surface area contributed by atoms with Gasteiger partial charge in [-0.3, -0.25) is 10.1 Å². The number of rotatable bonds is 6. The Kier molecular flexibility index (Phi) is 7.46. The van der Waals surface area contributed by atoms with E-state index in [1.807, 2.05) is 0 Å². The fourth-order valence-electron chi connectivity index (χ4n) is 1.95. The van der Waals surface area contributed by atoms with E-state index in [-0.39, 0.29) is 5.11 Å². The zero-order valence-corrected chi connectivity index (χ0v) is 15.7. The first kappa shape index (κ1) is 19.5. The van der Waals surface area contributed by atoms with Gasteiger partial charge in [-0.15, -0.1) is 0 Å². The minimum absolute atomic E-state index is 0.0756. The van der Waals surface area contributed by atoms with Crippen molar-refractivity contribution in [2.75, 3.05) is 25.6 Å². The van der Waals surface area contributed by atoms with Gasteiger partial charge in [0.25, 0.3) is 5.91 Å². The Morgan fingerprint density at radius 3 is 2.44 bits per heavy atom. The quantitative estimate of drug-likeness (QED) is 0.565. The fraction of sp³-hybridized carbons (Fsp3) is 0.176. The van der Waals surface area contributed by atoms with Gasteiger partial charge in [-0.1, -0.05) is 41.4 Å². The Bertz CT molecular complexity index is 751. The van der Waals surface area contributed by atoms with Crippen molar-refractivity contribution in [3.8, 4) is 5.75 Å². The molecule has 2 rings (SSSR count). The number of thiocarbonyl (C=S) groups is 1. The van der Waals surface area contributed by atoms with Crippen molar-refractivity contribution in [3.05, 3.63) is 58.1 Å². The predicted octanol–water partition coefficient (Wildman–Crippen LogP) is 4.15. The lowest BCUT2D eigenvalue weighted by Crippen LogP contribution is -2.34. The molecule has 0 aliphatic rings. The van der Waals surface area contributed by atoms with Crippen molar-refractivity contribution < 1.29 is 14.3 Å². The van der Waals surface area contributed by atoms with Crippen molar-refractivity contribution in [1.29, 1.82) is 0 Å². The van der Waals surface area contributed by atoms with Gasteiger partial charge in [0.2, 0.25) is 0 Å². The molecule has 0 fully saturated rings. The molecule has 0 saturated heterocycles. The summed E-state index contributed by atoms with van der Waals surface area (Å²) in [6.07, 6.45) is 0. The van der Waals surface area contributed by atoms with Crippen molar-refractivity contribution in [3.63, 3.8) is 0 Å². The minimum atomic E-state index is -0.409. The first-order valence-electron chi connectivity index (χ1n) is 7.30. The van der Waals surface area contributed by atoms with Crippen LogP contribution >= 0.6 is 35.4 Å². The van der Waals surface area contributed by atoms with Gasteiger partial charge in [0.1, 0.15) is 12.4 Å². The van der Waals surface area contributed by atoms with E-state index in [0.717, 1.165) is 0 Å². The van der Waals surface area contributed by atoms with Gasteiger partial charge in [0.05, 0.1) is 27.9 Å². The van der Waals surface area contributed by atoms with Crippen LogP contribution in [0, 0.1) is 0 Å². The Hall–Kier alpha value is -1.86. The van der Waals surface area contributed by atoms with Crippen molar-refractivity contribution in [2.45, 2.75) is 0 Å². The molecule has 1 amide bonds. The molecule has 0 saturated carbocycles. The molecule has 132 valence electrons. The van der Waals surface area contributed by atoms with Crippen LogP contribution in [-0.2, 0) is 4.74 Å². The highest BCUT2D eigenvalue weighted by molar-refractivity contribution is 7.80. The Labute approximate surface area is 161 Å². The van der Waals surface area contributed by atoms with E-state index in [2.05, 4.69) is 10.6 Å². The molecule has 0 radical (unpaired) electrons. The molecule has 8 heteroatoms. The molecule has 0 heterocycles. The van der Waals surface area contributed by atoms with E-state index in [1.54, 1.807) is 49.6 Å². The SMILES string of the molecule is COCCOc1ccccc1C(=O)NC(=S)Nc1c(Cl)cccc1Cl. The molecule has 2 aromatic rings. The number of benzene rings is 2. The smallest absolute Gasteiger partial charge is 0.261 e. The maximum Gasteiger partial charge on any atom is 0.261 e.